The van der Waals surface area contributed by atoms with Gasteiger partial charge in [0.25, 0.3) is 11.5 Å². The maximum Gasteiger partial charge on any atom is 0.349 e. The Morgan fingerprint density at radius 1 is 1.39 bits per heavy atom. The van der Waals surface area contributed by atoms with Gasteiger partial charge in [-0.05, 0) is 12.7 Å². The Balaban J connectivity index is 4.77. The van der Waals surface area contributed by atoms with Gasteiger partial charge in [0.05, 0.1) is 0 Å². The number of nitrogens with one attached hydrogen (secondary N) is 1. The van der Waals surface area contributed by atoms with Crippen LogP contribution in [0.15, 0.2) is 0 Å². The number of carbonyl (C=O) groups is 3. The Morgan fingerprint density at radius 2 is 1.94 bits per heavy atom. The van der Waals surface area contributed by atoms with Gasteiger partial charge >= 0.3 is 11.9 Å². The Hall–Kier alpha value is -1.32. The molecule has 8 nitrogen and oxygen atoms in total. The highest BCUT2D eigenvalue weighted by Gasteiger charge is 2.45. The van der Waals surface area contributed by atoms with E-state index in [1.165, 1.54) is 11.8 Å². The van der Waals surface area contributed by atoms with E-state index < -0.39 is 29.5 Å². The minimum Gasteiger partial charge on any atom is -0.480 e. The lowest BCUT2D eigenvalue weighted by molar-refractivity contribution is -0.302. The van der Waals surface area contributed by atoms with Gasteiger partial charge in [-0.1, -0.05) is 6.92 Å². The van der Waals surface area contributed by atoms with E-state index in [1.54, 1.807) is 0 Å². The van der Waals surface area contributed by atoms with Crippen LogP contribution in [0.4, 0.5) is 0 Å². The number of aliphatic carboxylic acids is 2. The second kappa shape index (κ2) is 7.19. The summed E-state index contributed by atoms with van der Waals surface area (Å²) in [6, 6.07) is -1.25. The van der Waals surface area contributed by atoms with Gasteiger partial charge in [-0.3, -0.25) is 10.1 Å². The number of carbonyl (C=O) groups excluding carboxylic acids is 1. The predicted molar refractivity (Wildman–Crippen MR) is 62.3 cm³/mol. The van der Waals surface area contributed by atoms with Crippen molar-refractivity contribution in [3.8, 4) is 0 Å². The number of amides is 1. The SMILES string of the molecule is CCSCC(NC(=O)C(C)(OO)C(=O)O)C(=O)O. The Labute approximate surface area is 107 Å². The van der Waals surface area contributed by atoms with E-state index in [1.807, 2.05) is 12.2 Å². The molecule has 2 unspecified atom stereocenters. The molecule has 0 bridgehead atoms. The summed E-state index contributed by atoms with van der Waals surface area (Å²) in [5, 5.41) is 28.0. The molecule has 0 spiro atoms. The highest BCUT2D eigenvalue weighted by Crippen LogP contribution is 2.11. The minimum absolute atomic E-state index is 0.0820. The molecule has 0 fully saturated rings. The van der Waals surface area contributed by atoms with Gasteiger partial charge in [-0.25, -0.2) is 14.5 Å². The molecule has 0 rings (SSSR count). The summed E-state index contributed by atoms with van der Waals surface area (Å²) < 4.78 is 0. The van der Waals surface area contributed by atoms with Gasteiger partial charge in [0.15, 0.2) is 0 Å². The molecule has 0 aliphatic carbocycles. The zero-order valence-electron chi connectivity index (χ0n) is 9.87. The largest absolute Gasteiger partial charge is 0.480 e. The first kappa shape index (κ1) is 16.7. The topological polar surface area (TPSA) is 133 Å². The fourth-order valence-electron chi connectivity index (χ4n) is 0.884. The van der Waals surface area contributed by atoms with Gasteiger partial charge in [0.2, 0.25) is 0 Å². The molecule has 18 heavy (non-hydrogen) atoms. The van der Waals surface area contributed by atoms with Crippen LogP contribution >= 0.6 is 11.8 Å². The Kier molecular flexibility index (Phi) is 6.66. The Morgan fingerprint density at radius 3 is 2.28 bits per heavy atom. The van der Waals surface area contributed by atoms with Crippen molar-refractivity contribution >= 4 is 29.6 Å². The van der Waals surface area contributed by atoms with E-state index in [0.717, 1.165) is 6.92 Å². The van der Waals surface area contributed by atoms with Crippen LogP contribution < -0.4 is 5.32 Å². The molecule has 0 heterocycles. The van der Waals surface area contributed by atoms with Gasteiger partial charge in [-0.2, -0.15) is 11.8 Å². The lowest BCUT2D eigenvalue weighted by atomic mass is 10.1. The molecule has 104 valence electrons. The standard InChI is InChI=1S/C9H15NO7S/c1-3-18-4-5(6(11)12)10-7(13)9(2,17-16)8(14)15/h5,16H,3-4H2,1-2H3,(H,10,13)(H,11,12)(H,14,15). The van der Waals surface area contributed by atoms with Crippen LogP contribution in [0.1, 0.15) is 13.8 Å². The van der Waals surface area contributed by atoms with E-state index in [0.29, 0.717) is 5.75 Å². The van der Waals surface area contributed by atoms with Crippen LogP contribution in [0.25, 0.3) is 0 Å². The van der Waals surface area contributed by atoms with Gasteiger partial charge in [-0.15, -0.1) is 0 Å². The molecule has 1 amide bonds. The van der Waals surface area contributed by atoms with Gasteiger partial charge in [0, 0.05) is 5.75 Å². The molecule has 4 N–H and O–H groups in total. The average Bonchev–Trinajstić information content (AvgIpc) is 2.32. The third-order valence-electron chi connectivity index (χ3n) is 2.12. The van der Waals surface area contributed by atoms with Crippen LogP contribution in [0.2, 0.25) is 0 Å². The molecule has 0 radical (unpaired) electrons. The molecular formula is C9H15NO7S. The van der Waals surface area contributed by atoms with E-state index in [-0.39, 0.29) is 5.75 Å². The first-order valence-electron chi connectivity index (χ1n) is 4.97. The smallest absolute Gasteiger partial charge is 0.349 e. The number of carboxylic acid groups (broad SMARTS) is 2. The number of carboxylic acids is 2. The van der Waals surface area contributed by atoms with Crippen molar-refractivity contribution in [2.24, 2.45) is 0 Å². The van der Waals surface area contributed by atoms with Crippen LogP contribution in [-0.2, 0) is 19.3 Å². The molecular weight excluding hydrogens is 266 g/mol. The quantitative estimate of drug-likeness (QED) is 0.269. The third kappa shape index (κ3) is 4.17. The predicted octanol–water partition coefficient (Wildman–Crippen LogP) is -0.358. The normalized spacial score (nSPS) is 15.5. The molecule has 9 heteroatoms. The van der Waals surface area contributed by atoms with Crippen molar-refractivity contribution in [1.29, 1.82) is 0 Å². The number of thioether (sulfide) groups is 1. The fourth-order valence-corrected chi connectivity index (χ4v) is 1.58. The highest BCUT2D eigenvalue weighted by atomic mass is 32.2. The van der Waals surface area contributed by atoms with E-state index >= 15 is 0 Å². The first-order chi connectivity index (χ1) is 8.29. The van der Waals surface area contributed by atoms with Gasteiger partial charge in [0.1, 0.15) is 6.04 Å². The molecule has 0 aliphatic heterocycles. The summed E-state index contributed by atoms with van der Waals surface area (Å²) in [4.78, 5) is 36.8. The molecule has 0 aromatic heterocycles. The molecule has 0 aromatic rings. The fraction of sp³-hybridized carbons (Fsp3) is 0.667. The highest BCUT2D eigenvalue weighted by molar-refractivity contribution is 7.99. The lowest BCUT2D eigenvalue weighted by Crippen LogP contribution is -2.56. The monoisotopic (exact) mass is 281 g/mol. The minimum atomic E-state index is -2.54. The summed E-state index contributed by atoms with van der Waals surface area (Å²) in [7, 11) is 0. The van der Waals surface area contributed by atoms with Crippen molar-refractivity contribution in [1.82, 2.24) is 5.32 Å². The first-order valence-corrected chi connectivity index (χ1v) is 6.12. The second-order valence-corrected chi connectivity index (χ2v) is 4.77. The van der Waals surface area contributed by atoms with Crippen LogP contribution in [0, 0.1) is 0 Å². The van der Waals surface area contributed by atoms with E-state index in [9.17, 15) is 14.4 Å². The van der Waals surface area contributed by atoms with Gasteiger partial charge < -0.3 is 15.5 Å². The third-order valence-corrected chi connectivity index (χ3v) is 3.09. The summed E-state index contributed by atoms with van der Waals surface area (Å²) >= 11 is 1.27. The van der Waals surface area contributed by atoms with Crippen molar-refractivity contribution < 1.29 is 34.7 Å². The summed E-state index contributed by atoms with van der Waals surface area (Å²) in [6.07, 6.45) is 0. The van der Waals surface area contributed by atoms with Crippen LogP contribution in [0.3, 0.4) is 0 Å². The van der Waals surface area contributed by atoms with Crippen molar-refractivity contribution in [3.63, 3.8) is 0 Å². The van der Waals surface area contributed by atoms with E-state index in [2.05, 4.69) is 4.89 Å². The van der Waals surface area contributed by atoms with Crippen LogP contribution in [0.5, 0.6) is 0 Å². The summed E-state index contributed by atoms with van der Waals surface area (Å²) in [5.41, 5.74) is -2.54. The molecule has 0 saturated carbocycles. The molecule has 2 atom stereocenters. The average molecular weight is 281 g/mol. The molecule has 0 aliphatic rings. The maximum absolute atomic E-state index is 11.6. The zero-order valence-corrected chi connectivity index (χ0v) is 10.7. The van der Waals surface area contributed by atoms with E-state index in [4.69, 9.17) is 15.5 Å². The zero-order chi connectivity index (χ0) is 14.3. The van der Waals surface area contributed by atoms with Crippen molar-refractivity contribution in [2.45, 2.75) is 25.5 Å². The number of hydrogen-bond acceptors (Lipinski definition) is 6. The lowest BCUT2D eigenvalue weighted by Gasteiger charge is -2.22. The second-order valence-electron chi connectivity index (χ2n) is 3.45. The number of rotatable bonds is 8. The molecule has 0 saturated heterocycles. The summed E-state index contributed by atoms with van der Waals surface area (Å²) in [5.74, 6) is -3.53. The number of hydrogen-bond donors (Lipinski definition) is 4. The van der Waals surface area contributed by atoms with Crippen LogP contribution in [-0.4, -0.2) is 56.5 Å². The van der Waals surface area contributed by atoms with Crippen molar-refractivity contribution in [3.05, 3.63) is 0 Å². The molecule has 0 aromatic carbocycles. The van der Waals surface area contributed by atoms with Crippen molar-refractivity contribution in [2.75, 3.05) is 11.5 Å². The maximum atomic E-state index is 11.6. The Bertz CT molecular complexity index is 335. The summed E-state index contributed by atoms with van der Waals surface area (Å²) in [6.45, 7) is 2.63.